The maximum absolute atomic E-state index is 12.1. The van der Waals surface area contributed by atoms with Crippen molar-refractivity contribution in [2.45, 2.75) is 13.8 Å². The summed E-state index contributed by atoms with van der Waals surface area (Å²) in [7, 11) is 1.84. The van der Waals surface area contributed by atoms with E-state index in [2.05, 4.69) is 16.7 Å². The molecule has 2 rings (SSSR count). The van der Waals surface area contributed by atoms with Crippen LogP contribution in [0.1, 0.15) is 12.5 Å². The molecule has 2 aromatic rings. The molecule has 0 heterocycles. The molecular formula is C18H21ClN2O. The lowest BCUT2D eigenvalue weighted by atomic mass is 10.0. The maximum Gasteiger partial charge on any atom is 0.228 e. The predicted octanol–water partition coefficient (Wildman–Crippen LogP) is 4.11. The molecule has 22 heavy (non-hydrogen) atoms. The Morgan fingerprint density at radius 1 is 1.18 bits per heavy atom. The highest BCUT2D eigenvalue weighted by molar-refractivity contribution is 6.30. The van der Waals surface area contributed by atoms with E-state index in [1.807, 2.05) is 57.3 Å². The van der Waals surface area contributed by atoms with Crippen molar-refractivity contribution in [1.29, 1.82) is 0 Å². The summed E-state index contributed by atoms with van der Waals surface area (Å²) in [6.45, 7) is 4.55. The smallest absolute Gasteiger partial charge is 0.228 e. The third-order valence-corrected chi connectivity index (χ3v) is 3.84. The van der Waals surface area contributed by atoms with E-state index in [4.69, 9.17) is 11.6 Å². The van der Waals surface area contributed by atoms with Crippen molar-refractivity contribution in [3.05, 3.63) is 53.1 Å². The summed E-state index contributed by atoms with van der Waals surface area (Å²) in [6.07, 6.45) is 0. The van der Waals surface area contributed by atoms with Crippen molar-refractivity contribution in [1.82, 2.24) is 5.32 Å². The number of anilines is 1. The number of nitrogens with one attached hydrogen (secondary N) is 2. The Hall–Kier alpha value is -1.84. The molecule has 1 atom stereocenters. The standard InChI is InChI=1S/C18H21ClN2O/c1-12-9-15(14-5-4-6-16(19)10-14)7-8-17(12)21-18(22)13(2)11-20-3/h4-10,13,20H,11H2,1-3H3,(H,21,22). The van der Waals surface area contributed by atoms with E-state index >= 15 is 0 Å². The molecule has 1 amide bonds. The topological polar surface area (TPSA) is 41.1 Å². The van der Waals surface area contributed by atoms with Crippen LogP contribution in [0.2, 0.25) is 5.02 Å². The second kappa shape index (κ2) is 7.43. The van der Waals surface area contributed by atoms with Gasteiger partial charge in [-0.05, 0) is 54.9 Å². The molecule has 0 fully saturated rings. The van der Waals surface area contributed by atoms with Crippen LogP contribution >= 0.6 is 11.6 Å². The van der Waals surface area contributed by atoms with Crippen LogP contribution in [-0.4, -0.2) is 19.5 Å². The average Bonchev–Trinajstić information content (AvgIpc) is 2.49. The van der Waals surface area contributed by atoms with Gasteiger partial charge in [-0.2, -0.15) is 0 Å². The minimum atomic E-state index is -0.0722. The van der Waals surface area contributed by atoms with Crippen LogP contribution in [0.4, 0.5) is 5.69 Å². The first-order valence-corrected chi connectivity index (χ1v) is 7.71. The second-order valence-corrected chi connectivity index (χ2v) is 5.92. The molecule has 2 aromatic carbocycles. The SMILES string of the molecule is CNCC(C)C(=O)Nc1ccc(-c2cccc(Cl)c2)cc1C. The van der Waals surface area contributed by atoms with Gasteiger partial charge in [0.05, 0.1) is 0 Å². The molecule has 2 N–H and O–H groups in total. The Morgan fingerprint density at radius 2 is 1.91 bits per heavy atom. The highest BCUT2D eigenvalue weighted by Crippen LogP contribution is 2.26. The van der Waals surface area contributed by atoms with Gasteiger partial charge in [0, 0.05) is 23.2 Å². The molecule has 4 heteroatoms. The lowest BCUT2D eigenvalue weighted by Gasteiger charge is -2.14. The number of halogens is 1. The van der Waals surface area contributed by atoms with Crippen LogP contribution in [-0.2, 0) is 4.79 Å². The normalized spacial score (nSPS) is 12.0. The zero-order valence-electron chi connectivity index (χ0n) is 13.1. The predicted molar refractivity (Wildman–Crippen MR) is 93.3 cm³/mol. The fourth-order valence-electron chi connectivity index (χ4n) is 2.31. The summed E-state index contributed by atoms with van der Waals surface area (Å²) >= 11 is 6.04. The van der Waals surface area contributed by atoms with Gasteiger partial charge in [0.2, 0.25) is 5.91 Å². The van der Waals surface area contributed by atoms with Crippen molar-refractivity contribution in [2.24, 2.45) is 5.92 Å². The van der Waals surface area contributed by atoms with Gasteiger partial charge in [0.15, 0.2) is 0 Å². The number of aryl methyl sites for hydroxylation is 1. The van der Waals surface area contributed by atoms with Crippen LogP contribution in [0.5, 0.6) is 0 Å². The fraction of sp³-hybridized carbons (Fsp3) is 0.278. The fourth-order valence-corrected chi connectivity index (χ4v) is 2.50. The molecule has 116 valence electrons. The average molecular weight is 317 g/mol. The Bertz CT molecular complexity index is 670. The largest absolute Gasteiger partial charge is 0.326 e. The molecule has 0 spiro atoms. The zero-order chi connectivity index (χ0) is 16.1. The highest BCUT2D eigenvalue weighted by atomic mass is 35.5. The van der Waals surface area contributed by atoms with Crippen molar-refractivity contribution < 1.29 is 4.79 Å². The van der Waals surface area contributed by atoms with Crippen LogP contribution in [0, 0.1) is 12.8 Å². The number of rotatable bonds is 5. The van der Waals surface area contributed by atoms with Crippen molar-refractivity contribution in [2.75, 3.05) is 18.9 Å². The molecule has 0 saturated carbocycles. The van der Waals surface area contributed by atoms with Gasteiger partial charge in [-0.25, -0.2) is 0 Å². The van der Waals surface area contributed by atoms with Gasteiger partial charge in [-0.1, -0.05) is 36.7 Å². The number of benzene rings is 2. The van der Waals surface area contributed by atoms with E-state index < -0.39 is 0 Å². The lowest BCUT2D eigenvalue weighted by Crippen LogP contribution is -2.28. The highest BCUT2D eigenvalue weighted by Gasteiger charge is 2.13. The molecular weight excluding hydrogens is 296 g/mol. The second-order valence-electron chi connectivity index (χ2n) is 5.49. The number of amides is 1. The summed E-state index contributed by atoms with van der Waals surface area (Å²) in [5.74, 6) is -0.0510. The first-order valence-electron chi connectivity index (χ1n) is 7.33. The monoisotopic (exact) mass is 316 g/mol. The zero-order valence-corrected chi connectivity index (χ0v) is 13.9. The van der Waals surface area contributed by atoms with E-state index in [1.54, 1.807) is 0 Å². The van der Waals surface area contributed by atoms with E-state index in [0.717, 1.165) is 22.4 Å². The molecule has 0 aromatic heterocycles. The van der Waals surface area contributed by atoms with E-state index in [1.165, 1.54) is 0 Å². The van der Waals surface area contributed by atoms with E-state index in [-0.39, 0.29) is 11.8 Å². The maximum atomic E-state index is 12.1. The Balaban J connectivity index is 2.18. The lowest BCUT2D eigenvalue weighted by molar-refractivity contribution is -0.119. The summed E-state index contributed by atoms with van der Waals surface area (Å²) in [5.41, 5.74) is 4.03. The molecule has 0 saturated heterocycles. The van der Waals surface area contributed by atoms with Crippen LogP contribution in [0.25, 0.3) is 11.1 Å². The van der Waals surface area contributed by atoms with E-state index in [0.29, 0.717) is 11.6 Å². The minimum absolute atomic E-state index is 0.0213. The Kier molecular flexibility index (Phi) is 5.58. The summed E-state index contributed by atoms with van der Waals surface area (Å²) in [4.78, 5) is 12.1. The molecule has 1 unspecified atom stereocenters. The van der Waals surface area contributed by atoms with Crippen LogP contribution in [0.15, 0.2) is 42.5 Å². The van der Waals surface area contributed by atoms with Gasteiger partial charge < -0.3 is 10.6 Å². The molecule has 0 radical (unpaired) electrons. The number of hydrogen-bond acceptors (Lipinski definition) is 2. The third-order valence-electron chi connectivity index (χ3n) is 3.60. The van der Waals surface area contributed by atoms with Crippen molar-refractivity contribution >= 4 is 23.2 Å². The Morgan fingerprint density at radius 3 is 2.55 bits per heavy atom. The molecule has 0 aliphatic heterocycles. The third kappa shape index (κ3) is 4.09. The van der Waals surface area contributed by atoms with Crippen molar-refractivity contribution in [3.8, 4) is 11.1 Å². The summed E-state index contributed by atoms with van der Waals surface area (Å²) < 4.78 is 0. The van der Waals surface area contributed by atoms with Gasteiger partial charge in [0.25, 0.3) is 0 Å². The van der Waals surface area contributed by atoms with Gasteiger partial charge in [-0.15, -0.1) is 0 Å². The van der Waals surface area contributed by atoms with Crippen LogP contribution in [0.3, 0.4) is 0 Å². The van der Waals surface area contributed by atoms with E-state index in [9.17, 15) is 4.79 Å². The van der Waals surface area contributed by atoms with Crippen molar-refractivity contribution in [3.63, 3.8) is 0 Å². The minimum Gasteiger partial charge on any atom is -0.326 e. The molecule has 3 nitrogen and oxygen atoms in total. The van der Waals surface area contributed by atoms with Gasteiger partial charge in [0.1, 0.15) is 0 Å². The quantitative estimate of drug-likeness (QED) is 0.871. The number of carbonyl (C=O) groups is 1. The Labute approximate surface area is 136 Å². The number of hydrogen-bond donors (Lipinski definition) is 2. The molecule has 0 aliphatic rings. The van der Waals surface area contributed by atoms with Gasteiger partial charge in [-0.3, -0.25) is 4.79 Å². The summed E-state index contributed by atoms with van der Waals surface area (Å²) in [5, 5.41) is 6.71. The number of carbonyl (C=O) groups excluding carboxylic acids is 1. The first-order chi connectivity index (χ1) is 10.5. The van der Waals surface area contributed by atoms with Gasteiger partial charge >= 0.3 is 0 Å². The first kappa shape index (κ1) is 16.5. The molecule has 0 aliphatic carbocycles. The summed E-state index contributed by atoms with van der Waals surface area (Å²) in [6, 6.07) is 13.7. The van der Waals surface area contributed by atoms with Crippen LogP contribution < -0.4 is 10.6 Å². The molecule has 0 bridgehead atoms.